The van der Waals surface area contributed by atoms with Gasteiger partial charge < -0.3 is 4.74 Å². The third-order valence-electron chi connectivity index (χ3n) is 2.54. The Morgan fingerprint density at radius 3 is 2.44 bits per heavy atom. The number of ketones is 1. The Labute approximate surface area is 98.7 Å². The van der Waals surface area contributed by atoms with Crippen LogP contribution in [0.15, 0.2) is 35.5 Å². The second kappa shape index (κ2) is 8.05. The van der Waals surface area contributed by atoms with Crippen LogP contribution in [0.4, 0.5) is 0 Å². The summed E-state index contributed by atoms with van der Waals surface area (Å²) in [5.41, 5.74) is 1.85. The van der Waals surface area contributed by atoms with Crippen molar-refractivity contribution < 1.29 is 9.53 Å². The van der Waals surface area contributed by atoms with Crippen LogP contribution in [0.5, 0.6) is 0 Å². The lowest BCUT2D eigenvalue weighted by atomic mass is 9.99. The van der Waals surface area contributed by atoms with Crippen LogP contribution >= 0.6 is 0 Å². The second-order valence-corrected chi connectivity index (χ2v) is 3.67. The maximum atomic E-state index is 12.0. The van der Waals surface area contributed by atoms with E-state index in [0.717, 1.165) is 17.6 Å². The van der Waals surface area contributed by atoms with Gasteiger partial charge in [0, 0.05) is 12.7 Å². The highest BCUT2D eigenvalue weighted by molar-refractivity contribution is 6.01. The molecule has 2 heteroatoms. The Hall–Kier alpha value is -1.15. The molecule has 90 valence electrons. The maximum absolute atomic E-state index is 12.0. The van der Waals surface area contributed by atoms with Crippen molar-refractivity contribution >= 4 is 5.78 Å². The lowest BCUT2D eigenvalue weighted by Gasteiger charge is -2.11. The van der Waals surface area contributed by atoms with Crippen molar-refractivity contribution in [3.8, 4) is 0 Å². The van der Waals surface area contributed by atoms with Crippen molar-refractivity contribution in [3.05, 3.63) is 35.5 Å². The van der Waals surface area contributed by atoms with E-state index in [4.69, 9.17) is 4.74 Å². The summed E-state index contributed by atoms with van der Waals surface area (Å²) in [7, 11) is 1.55. The molecule has 0 aliphatic heterocycles. The number of hydrogen-bond donors (Lipinski definition) is 0. The highest BCUT2D eigenvalue weighted by Gasteiger charge is 2.16. The Morgan fingerprint density at radius 1 is 1.38 bits per heavy atom. The van der Waals surface area contributed by atoms with Crippen molar-refractivity contribution in [3.63, 3.8) is 0 Å². The Bertz CT molecular complexity index is 309. The molecule has 0 aromatic heterocycles. The SMILES string of the molecule is C\C=C/C=C\C(C(=O)C(C)OC)=C(/C)CC. The van der Waals surface area contributed by atoms with Gasteiger partial charge in [-0.2, -0.15) is 0 Å². The fourth-order valence-electron chi connectivity index (χ4n) is 1.21. The second-order valence-electron chi connectivity index (χ2n) is 3.67. The molecule has 1 unspecified atom stereocenters. The van der Waals surface area contributed by atoms with Crippen LogP contribution in [-0.4, -0.2) is 19.0 Å². The Kier molecular flexibility index (Phi) is 7.48. The third kappa shape index (κ3) is 4.58. The first-order chi connectivity index (χ1) is 7.58. The van der Waals surface area contributed by atoms with E-state index in [9.17, 15) is 4.79 Å². The average molecular weight is 222 g/mol. The van der Waals surface area contributed by atoms with E-state index in [-0.39, 0.29) is 11.9 Å². The van der Waals surface area contributed by atoms with Crippen molar-refractivity contribution in [2.24, 2.45) is 0 Å². The van der Waals surface area contributed by atoms with Crippen molar-refractivity contribution in [2.75, 3.05) is 7.11 Å². The first-order valence-electron chi connectivity index (χ1n) is 5.64. The van der Waals surface area contributed by atoms with Crippen molar-refractivity contribution in [1.82, 2.24) is 0 Å². The van der Waals surface area contributed by atoms with E-state index in [1.54, 1.807) is 14.0 Å². The molecule has 0 heterocycles. The number of Topliss-reactive ketones (excluding diaryl/α,β-unsaturated/α-hetero) is 1. The van der Waals surface area contributed by atoms with E-state index in [1.807, 2.05) is 45.1 Å². The maximum Gasteiger partial charge on any atom is 0.191 e. The molecule has 0 aliphatic carbocycles. The molecule has 0 saturated carbocycles. The Morgan fingerprint density at radius 2 is 2.00 bits per heavy atom. The van der Waals surface area contributed by atoms with Gasteiger partial charge in [-0.15, -0.1) is 0 Å². The number of allylic oxidation sites excluding steroid dienone is 5. The van der Waals surface area contributed by atoms with Gasteiger partial charge >= 0.3 is 0 Å². The standard InChI is InChI=1S/C14H22O2/c1-6-8-9-10-13(11(3)7-2)14(15)12(4)16-5/h6,8-10,12H,7H2,1-5H3/b8-6-,10-9-,13-11-. The third-order valence-corrected chi connectivity index (χ3v) is 2.54. The quantitative estimate of drug-likeness (QED) is 0.508. The van der Waals surface area contributed by atoms with Gasteiger partial charge in [0.1, 0.15) is 6.10 Å². The minimum Gasteiger partial charge on any atom is -0.374 e. The fraction of sp³-hybridized carbons (Fsp3) is 0.500. The summed E-state index contributed by atoms with van der Waals surface area (Å²) in [6.07, 6.45) is 8.07. The van der Waals surface area contributed by atoms with E-state index in [1.165, 1.54) is 0 Å². The van der Waals surface area contributed by atoms with Crippen LogP contribution in [0.1, 0.15) is 34.1 Å². The molecular weight excluding hydrogens is 200 g/mol. The molecule has 0 amide bonds. The number of carbonyl (C=O) groups excluding carboxylic acids is 1. The molecule has 0 aromatic rings. The smallest absolute Gasteiger partial charge is 0.191 e. The molecule has 0 aliphatic rings. The molecule has 0 rings (SSSR count). The molecule has 0 radical (unpaired) electrons. The molecule has 1 atom stereocenters. The summed E-state index contributed by atoms with van der Waals surface area (Å²) >= 11 is 0. The lowest BCUT2D eigenvalue weighted by Crippen LogP contribution is -2.21. The first-order valence-corrected chi connectivity index (χ1v) is 5.64. The predicted octanol–water partition coefficient (Wildman–Crippen LogP) is 3.45. The van der Waals surface area contributed by atoms with Crippen LogP contribution in [0.2, 0.25) is 0 Å². The largest absolute Gasteiger partial charge is 0.374 e. The van der Waals surface area contributed by atoms with E-state index in [2.05, 4.69) is 0 Å². The summed E-state index contributed by atoms with van der Waals surface area (Å²) in [4.78, 5) is 12.0. The van der Waals surface area contributed by atoms with Gasteiger partial charge in [-0.05, 0) is 27.2 Å². The molecule has 16 heavy (non-hydrogen) atoms. The van der Waals surface area contributed by atoms with Crippen LogP contribution in [0.3, 0.4) is 0 Å². The topological polar surface area (TPSA) is 26.3 Å². The molecule has 0 spiro atoms. The number of rotatable bonds is 6. The number of hydrogen-bond acceptors (Lipinski definition) is 2. The minimum absolute atomic E-state index is 0.0441. The van der Waals surface area contributed by atoms with Crippen molar-refractivity contribution in [1.29, 1.82) is 0 Å². The minimum atomic E-state index is -0.383. The first kappa shape index (κ1) is 14.8. The number of carbonyl (C=O) groups is 1. The van der Waals surface area contributed by atoms with Crippen molar-refractivity contribution in [2.45, 2.75) is 40.2 Å². The normalized spacial score (nSPS) is 15.6. The van der Waals surface area contributed by atoms with Crippen LogP contribution in [-0.2, 0) is 9.53 Å². The molecule has 0 N–H and O–H groups in total. The van der Waals surface area contributed by atoms with E-state index >= 15 is 0 Å². The fourth-order valence-corrected chi connectivity index (χ4v) is 1.21. The molecule has 0 aromatic carbocycles. The van der Waals surface area contributed by atoms with Gasteiger partial charge in [0.15, 0.2) is 5.78 Å². The summed E-state index contributed by atoms with van der Waals surface area (Å²) < 4.78 is 5.06. The van der Waals surface area contributed by atoms with E-state index in [0.29, 0.717) is 0 Å². The van der Waals surface area contributed by atoms with Gasteiger partial charge in [-0.1, -0.05) is 36.8 Å². The predicted molar refractivity (Wildman–Crippen MR) is 68.4 cm³/mol. The summed E-state index contributed by atoms with van der Waals surface area (Å²) in [5.74, 6) is 0.0441. The average Bonchev–Trinajstić information content (AvgIpc) is 2.32. The van der Waals surface area contributed by atoms with Gasteiger partial charge in [0.2, 0.25) is 0 Å². The molecule has 0 bridgehead atoms. The number of methoxy groups -OCH3 is 1. The van der Waals surface area contributed by atoms with Gasteiger partial charge in [0.25, 0.3) is 0 Å². The van der Waals surface area contributed by atoms with E-state index < -0.39 is 0 Å². The lowest BCUT2D eigenvalue weighted by molar-refractivity contribution is -0.123. The molecule has 0 saturated heterocycles. The van der Waals surface area contributed by atoms with Crippen LogP contribution in [0.25, 0.3) is 0 Å². The Balaban J connectivity index is 5.04. The highest BCUT2D eigenvalue weighted by Crippen LogP contribution is 2.14. The summed E-state index contributed by atoms with van der Waals surface area (Å²) in [6, 6.07) is 0. The van der Waals surface area contributed by atoms with Crippen LogP contribution < -0.4 is 0 Å². The van der Waals surface area contributed by atoms with Gasteiger partial charge in [0.05, 0.1) is 0 Å². The van der Waals surface area contributed by atoms with Gasteiger partial charge in [-0.3, -0.25) is 4.79 Å². The summed E-state index contributed by atoms with van der Waals surface area (Å²) in [5, 5.41) is 0. The monoisotopic (exact) mass is 222 g/mol. The zero-order chi connectivity index (χ0) is 12.6. The zero-order valence-electron chi connectivity index (χ0n) is 10.9. The number of ether oxygens (including phenoxy) is 1. The molecular formula is C14H22O2. The van der Waals surface area contributed by atoms with Gasteiger partial charge in [-0.25, -0.2) is 0 Å². The summed E-state index contributed by atoms with van der Waals surface area (Å²) in [6.45, 7) is 7.74. The van der Waals surface area contributed by atoms with Crippen LogP contribution in [0, 0.1) is 0 Å². The zero-order valence-corrected chi connectivity index (χ0v) is 10.9. The highest BCUT2D eigenvalue weighted by atomic mass is 16.5. The molecule has 0 fully saturated rings. The molecule has 2 nitrogen and oxygen atoms in total.